The number of rotatable bonds is 4. The number of alkyl halides is 3. The Morgan fingerprint density at radius 3 is 2.56 bits per heavy atom. The Hall–Kier alpha value is -2.77. The lowest BCUT2D eigenvalue weighted by atomic mass is 10.0. The van der Waals surface area contributed by atoms with Gasteiger partial charge in [-0.05, 0) is 56.9 Å². The Kier molecular flexibility index (Phi) is 5.47. The maximum absolute atomic E-state index is 13.7. The number of aliphatic imine (C=N–C) groups is 2. The number of fused-ring (bicyclic) bond motifs is 1. The van der Waals surface area contributed by atoms with Crippen LogP contribution in [0.5, 0.6) is 0 Å². The molecule has 32 heavy (non-hydrogen) atoms. The van der Waals surface area contributed by atoms with E-state index in [0.29, 0.717) is 17.7 Å². The van der Waals surface area contributed by atoms with Gasteiger partial charge in [-0.15, -0.1) is 0 Å². The van der Waals surface area contributed by atoms with E-state index in [1.165, 1.54) is 12.1 Å². The van der Waals surface area contributed by atoms with Gasteiger partial charge in [0.1, 0.15) is 5.82 Å². The highest BCUT2D eigenvalue weighted by molar-refractivity contribution is 6.11. The number of benzene rings is 1. The van der Waals surface area contributed by atoms with Crippen LogP contribution in [0.15, 0.2) is 34.3 Å². The van der Waals surface area contributed by atoms with E-state index in [2.05, 4.69) is 22.2 Å². The molecule has 0 bridgehead atoms. The monoisotopic (exact) mass is 441 g/mol. The van der Waals surface area contributed by atoms with Crippen molar-refractivity contribution in [2.24, 2.45) is 15.9 Å². The summed E-state index contributed by atoms with van der Waals surface area (Å²) in [5.41, 5.74) is 2.19. The zero-order chi connectivity index (χ0) is 22.3. The Bertz CT molecular complexity index is 1090. The molecule has 5 rings (SSSR count). The Balaban J connectivity index is 1.57. The fourth-order valence-corrected chi connectivity index (χ4v) is 4.57. The highest BCUT2D eigenvalue weighted by atomic mass is 19.4. The molecule has 1 saturated carbocycles. The van der Waals surface area contributed by atoms with Gasteiger partial charge in [-0.25, -0.2) is 20.0 Å². The van der Waals surface area contributed by atoms with Crippen LogP contribution in [0.2, 0.25) is 0 Å². The molecule has 5 nitrogen and oxygen atoms in total. The molecular weight excluding hydrogens is 415 g/mol. The largest absolute Gasteiger partial charge is 0.417 e. The molecule has 1 aliphatic heterocycles. The lowest BCUT2D eigenvalue weighted by Gasteiger charge is -2.16. The van der Waals surface area contributed by atoms with Crippen molar-refractivity contribution in [3.63, 3.8) is 0 Å². The van der Waals surface area contributed by atoms with Gasteiger partial charge in [0.25, 0.3) is 0 Å². The zero-order valence-corrected chi connectivity index (χ0v) is 18.0. The average molecular weight is 442 g/mol. The Morgan fingerprint density at radius 1 is 1.03 bits per heavy atom. The number of anilines is 1. The average Bonchev–Trinajstić information content (AvgIpc) is 3.57. The predicted molar refractivity (Wildman–Crippen MR) is 119 cm³/mol. The van der Waals surface area contributed by atoms with Crippen LogP contribution in [-0.4, -0.2) is 27.7 Å². The van der Waals surface area contributed by atoms with Gasteiger partial charge >= 0.3 is 6.18 Å². The minimum absolute atomic E-state index is 0.00272. The Morgan fingerprint density at radius 2 is 1.81 bits per heavy atom. The number of nitrogens with zero attached hydrogens (tertiary/aromatic N) is 4. The van der Waals surface area contributed by atoms with Crippen LogP contribution in [0.3, 0.4) is 0 Å². The molecule has 0 spiro atoms. The highest BCUT2D eigenvalue weighted by Crippen LogP contribution is 2.38. The first-order valence-electron chi connectivity index (χ1n) is 11.4. The summed E-state index contributed by atoms with van der Waals surface area (Å²) < 4.78 is 41.0. The van der Waals surface area contributed by atoms with Crippen LogP contribution in [0.1, 0.15) is 62.3 Å². The van der Waals surface area contributed by atoms with Crippen LogP contribution in [0.25, 0.3) is 11.4 Å². The molecule has 0 radical (unpaired) electrons. The third kappa shape index (κ3) is 4.14. The molecule has 1 aromatic carbocycles. The van der Waals surface area contributed by atoms with Crippen LogP contribution >= 0.6 is 0 Å². The molecule has 0 amide bonds. The van der Waals surface area contributed by atoms with E-state index < -0.39 is 11.7 Å². The molecule has 3 aliphatic rings. The first kappa shape index (κ1) is 21.1. The maximum Gasteiger partial charge on any atom is 0.417 e. The molecule has 8 heteroatoms. The van der Waals surface area contributed by atoms with Gasteiger partial charge in [-0.3, -0.25) is 0 Å². The molecule has 2 aliphatic carbocycles. The van der Waals surface area contributed by atoms with Crippen LogP contribution in [-0.2, 0) is 19.0 Å². The molecule has 1 aromatic heterocycles. The van der Waals surface area contributed by atoms with Gasteiger partial charge < -0.3 is 5.32 Å². The maximum atomic E-state index is 13.7. The lowest BCUT2D eigenvalue weighted by Crippen LogP contribution is -2.15. The smallest absolute Gasteiger partial charge is 0.309 e. The van der Waals surface area contributed by atoms with Crippen molar-refractivity contribution >= 4 is 17.5 Å². The van der Waals surface area contributed by atoms with E-state index in [9.17, 15) is 13.2 Å². The molecule has 1 fully saturated rings. The van der Waals surface area contributed by atoms with Crippen LogP contribution in [0, 0.1) is 5.92 Å². The van der Waals surface area contributed by atoms with E-state index in [1.807, 2.05) is 0 Å². The molecule has 1 unspecified atom stereocenters. The second-order valence-corrected chi connectivity index (χ2v) is 8.74. The van der Waals surface area contributed by atoms with Gasteiger partial charge in [0.15, 0.2) is 5.82 Å². The van der Waals surface area contributed by atoms with Crippen molar-refractivity contribution in [3.8, 4) is 11.4 Å². The molecular formula is C24H26F3N5. The third-order valence-electron chi connectivity index (χ3n) is 6.37. The summed E-state index contributed by atoms with van der Waals surface area (Å²) in [4.78, 5) is 18.7. The van der Waals surface area contributed by atoms with Crippen LogP contribution in [0.4, 0.5) is 19.0 Å². The van der Waals surface area contributed by atoms with Crippen molar-refractivity contribution < 1.29 is 13.2 Å². The fourth-order valence-electron chi connectivity index (χ4n) is 4.57. The quantitative estimate of drug-likeness (QED) is 0.606. The SMILES string of the molecule is CCC1N=C(Nc2nc(-c3ccccc3C(F)(F)F)nc3c2CCCCC3)N=C1C1CC1. The topological polar surface area (TPSA) is 62.5 Å². The molecule has 2 heterocycles. The van der Waals surface area contributed by atoms with Crippen molar-refractivity contribution in [3.05, 3.63) is 41.1 Å². The second kappa shape index (κ2) is 8.30. The molecule has 1 atom stereocenters. The van der Waals surface area contributed by atoms with E-state index in [1.54, 1.807) is 6.07 Å². The summed E-state index contributed by atoms with van der Waals surface area (Å²) in [6.07, 6.45) is 3.26. The molecule has 0 saturated heterocycles. The van der Waals surface area contributed by atoms with Gasteiger partial charge in [0.05, 0.1) is 11.6 Å². The predicted octanol–water partition coefficient (Wildman–Crippen LogP) is 5.84. The number of nitrogens with one attached hydrogen (secondary N) is 1. The summed E-state index contributed by atoms with van der Waals surface area (Å²) in [5, 5.41) is 3.27. The standard InChI is InChI=1S/C24H26F3N5/c1-2-18-20(14-12-13-14)30-23(29-18)32-22-16-9-4-3-5-11-19(16)28-21(31-22)15-8-6-7-10-17(15)24(25,26)27/h6-8,10,14,18H,2-5,9,11-13H2,1H3,(H,28,29,31,32). The number of halogens is 3. The van der Waals surface area contributed by atoms with Crippen molar-refractivity contribution in [1.82, 2.24) is 9.97 Å². The lowest BCUT2D eigenvalue weighted by molar-refractivity contribution is -0.137. The molecule has 168 valence electrons. The second-order valence-electron chi connectivity index (χ2n) is 8.74. The molecule has 2 aromatic rings. The van der Waals surface area contributed by atoms with Gasteiger partial charge in [-0.1, -0.05) is 31.5 Å². The van der Waals surface area contributed by atoms with Crippen molar-refractivity contribution in [1.29, 1.82) is 0 Å². The highest BCUT2D eigenvalue weighted by Gasteiger charge is 2.36. The van der Waals surface area contributed by atoms with Crippen molar-refractivity contribution in [2.75, 3.05) is 5.32 Å². The summed E-state index contributed by atoms with van der Waals surface area (Å²) in [6, 6.07) is 5.58. The normalized spacial score (nSPS) is 20.9. The van der Waals surface area contributed by atoms with Gasteiger partial charge in [-0.2, -0.15) is 13.2 Å². The van der Waals surface area contributed by atoms with Gasteiger partial charge in [0.2, 0.25) is 5.96 Å². The zero-order valence-electron chi connectivity index (χ0n) is 18.0. The number of hydrogen-bond donors (Lipinski definition) is 1. The fraction of sp³-hybridized carbons (Fsp3) is 0.500. The summed E-state index contributed by atoms with van der Waals surface area (Å²) in [7, 11) is 0. The van der Waals surface area contributed by atoms with E-state index >= 15 is 0 Å². The summed E-state index contributed by atoms with van der Waals surface area (Å²) in [6.45, 7) is 2.10. The Labute approximate surface area is 185 Å². The van der Waals surface area contributed by atoms with Gasteiger partial charge in [0, 0.05) is 22.5 Å². The van der Waals surface area contributed by atoms with Crippen molar-refractivity contribution in [2.45, 2.75) is 70.5 Å². The number of guanidine groups is 1. The summed E-state index contributed by atoms with van der Waals surface area (Å²) in [5.74, 6) is 1.66. The first-order valence-corrected chi connectivity index (χ1v) is 11.4. The third-order valence-corrected chi connectivity index (χ3v) is 6.37. The van der Waals surface area contributed by atoms with Crippen LogP contribution < -0.4 is 5.32 Å². The number of hydrogen-bond acceptors (Lipinski definition) is 5. The van der Waals surface area contributed by atoms with E-state index in [0.717, 1.165) is 74.4 Å². The minimum Gasteiger partial charge on any atom is -0.309 e. The first-order chi connectivity index (χ1) is 15.4. The molecule has 1 N–H and O–H groups in total. The van der Waals surface area contributed by atoms with E-state index in [-0.39, 0.29) is 17.4 Å². The minimum atomic E-state index is -4.48. The summed E-state index contributed by atoms with van der Waals surface area (Å²) >= 11 is 0. The number of aromatic nitrogens is 2. The number of aryl methyl sites for hydroxylation is 1. The van der Waals surface area contributed by atoms with E-state index in [4.69, 9.17) is 9.98 Å².